The van der Waals surface area contributed by atoms with Gasteiger partial charge in [0.15, 0.2) is 0 Å². The van der Waals surface area contributed by atoms with Crippen molar-refractivity contribution in [3.8, 4) is 0 Å². The highest BCUT2D eigenvalue weighted by atomic mass is 16.5. The van der Waals surface area contributed by atoms with Crippen molar-refractivity contribution in [2.75, 3.05) is 6.61 Å². The van der Waals surface area contributed by atoms with E-state index in [1.807, 2.05) is 6.92 Å². The number of hydrogen-bond acceptors (Lipinski definition) is 4. The second kappa shape index (κ2) is 7.98. The largest absolute Gasteiger partial charge is 0.465 e. The summed E-state index contributed by atoms with van der Waals surface area (Å²) >= 11 is 0. The first-order chi connectivity index (χ1) is 7.93. The van der Waals surface area contributed by atoms with E-state index in [0.29, 0.717) is 6.42 Å². The van der Waals surface area contributed by atoms with Gasteiger partial charge in [-0.25, -0.2) is 0 Å². The van der Waals surface area contributed by atoms with Gasteiger partial charge < -0.3 is 4.74 Å². The molecule has 0 aromatic rings. The maximum absolute atomic E-state index is 11.8. The number of carbonyl (C=O) groups is 3. The van der Waals surface area contributed by atoms with Gasteiger partial charge in [0.2, 0.25) is 0 Å². The molecule has 1 atom stereocenters. The maximum atomic E-state index is 11.8. The SMILES string of the molecule is CCCC(=O)CC(C(=O)OCC)C(=O)C(C)C. The summed E-state index contributed by atoms with van der Waals surface area (Å²) in [4.78, 5) is 35.0. The van der Waals surface area contributed by atoms with E-state index in [-0.39, 0.29) is 30.5 Å². The Bertz CT molecular complexity index is 281. The second-order valence-electron chi connectivity index (χ2n) is 4.35. The van der Waals surface area contributed by atoms with Crippen LogP contribution in [0.4, 0.5) is 0 Å². The average Bonchev–Trinajstić information content (AvgIpc) is 2.25. The minimum atomic E-state index is -0.922. The van der Waals surface area contributed by atoms with Gasteiger partial charge in [-0.2, -0.15) is 0 Å². The number of carbonyl (C=O) groups excluding carboxylic acids is 3. The fourth-order valence-electron chi connectivity index (χ4n) is 1.55. The van der Waals surface area contributed by atoms with Crippen molar-refractivity contribution >= 4 is 17.5 Å². The molecule has 0 amide bonds. The van der Waals surface area contributed by atoms with E-state index in [4.69, 9.17) is 4.74 Å². The molecule has 1 unspecified atom stereocenters. The van der Waals surface area contributed by atoms with Crippen LogP contribution >= 0.6 is 0 Å². The Morgan fingerprint density at radius 2 is 1.71 bits per heavy atom. The Labute approximate surface area is 103 Å². The molecule has 0 aliphatic carbocycles. The van der Waals surface area contributed by atoms with E-state index in [2.05, 4.69) is 0 Å². The molecule has 0 bridgehead atoms. The zero-order chi connectivity index (χ0) is 13.4. The Balaban J connectivity index is 4.67. The fraction of sp³-hybridized carbons (Fsp3) is 0.769. The quantitative estimate of drug-likeness (QED) is 0.483. The fourth-order valence-corrected chi connectivity index (χ4v) is 1.55. The Morgan fingerprint density at radius 1 is 1.12 bits per heavy atom. The standard InChI is InChI=1S/C13H22O4/c1-5-7-10(14)8-11(12(15)9(3)4)13(16)17-6-2/h9,11H,5-8H2,1-4H3. The summed E-state index contributed by atoms with van der Waals surface area (Å²) in [5.74, 6) is -2.03. The first-order valence-corrected chi connectivity index (χ1v) is 6.16. The molecule has 17 heavy (non-hydrogen) atoms. The molecule has 0 aliphatic rings. The third kappa shape index (κ3) is 5.61. The molecule has 0 spiro atoms. The summed E-state index contributed by atoms with van der Waals surface area (Å²) in [5, 5.41) is 0. The van der Waals surface area contributed by atoms with Crippen molar-refractivity contribution in [3.63, 3.8) is 0 Å². The minimum Gasteiger partial charge on any atom is -0.465 e. The van der Waals surface area contributed by atoms with Crippen LogP contribution in [0.25, 0.3) is 0 Å². The van der Waals surface area contributed by atoms with Gasteiger partial charge >= 0.3 is 5.97 Å². The molecule has 0 aromatic carbocycles. The lowest BCUT2D eigenvalue weighted by Crippen LogP contribution is -2.31. The molecule has 4 heteroatoms. The van der Waals surface area contributed by atoms with Gasteiger partial charge in [-0.05, 0) is 13.3 Å². The lowest BCUT2D eigenvalue weighted by atomic mass is 9.90. The number of ether oxygens (including phenoxy) is 1. The molecule has 0 N–H and O–H groups in total. The first-order valence-electron chi connectivity index (χ1n) is 6.16. The summed E-state index contributed by atoms with van der Waals surface area (Å²) in [6, 6.07) is 0. The Kier molecular flexibility index (Phi) is 7.42. The molecule has 0 heterocycles. The second-order valence-corrected chi connectivity index (χ2v) is 4.35. The number of esters is 1. The Hall–Kier alpha value is -1.19. The Morgan fingerprint density at radius 3 is 2.12 bits per heavy atom. The summed E-state index contributed by atoms with van der Waals surface area (Å²) < 4.78 is 4.84. The summed E-state index contributed by atoms with van der Waals surface area (Å²) in [6.07, 6.45) is 1.11. The predicted molar refractivity (Wildman–Crippen MR) is 64.5 cm³/mol. The minimum absolute atomic E-state index is 0.0241. The van der Waals surface area contributed by atoms with Crippen LogP contribution in [0.1, 0.15) is 47.0 Å². The van der Waals surface area contributed by atoms with Crippen LogP contribution in [0.2, 0.25) is 0 Å². The molecule has 98 valence electrons. The highest BCUT2D eigenvalue weighted by Gasteiger charge is 2.31. The van der Waals surface area contributed by atoms with Crippen LogP contribution in [0, 0.1) is 11.8 Å². The van der Waals surface area contributed by atoms with Gasteiger partial charge in [0, 0.05) is 18.8 Å². The summed E-state index contributed by atoms with van der Waals surface area (Å²) in [6.45, 7) is 7.24. The molecule has 0 fully saturated rings. The highest BCUT2D eigenvalue weighted by Crippen LogP contribution is 2.15. The van der Waals surface area contributed by atoms with Gasteiger partial charge in [-0.1, -0.05) is 20.8 Å². The van der Waals surface area contributed by atoms with Crippen molar-refractivity contribution in [3.05, 3.63) is 0 Å². The highest BCUT2D eigenvalue weighted by molar-refractivity contribution is 6.03. The summed E-state index contributed by atoms with van der Waals surface area (Å²) in [7, 11) is 0. The lowest BCUT2D eigenvalue weighted by Gasteiger charge is -2.15. The van der Waals surface area contributed by atoms with E-state index < -0.39 is 11.9 Å². The number of ketones is 2. The maximum Gasteiger partial charge on any atom is 0.316 e. The van der Waals surface area contributed by atoms with E-state index in [1.165, 1.54) is 0 Å². The molecule has 0 saturated heterocycles. The van der Waals surface area contributed by atoms with Crippen LogP contribution in [-0.4, -0.2) is 24.1 Å². The molecule has 0 radical (unpaired) electrons. The molecular weight excluding hydrogens is 220 g/mol. The number of rotatable bonds is 8. The molecule has 0 saturated carbocycles. The van der Waals surface area contributed by atoms with E-state index >= 15 is 0 Å². The van der Waals surface area contributed by atoms with Crippen molar-refractivity contribution in [2.45, 2.75) is 47.0 Å². The van der Waals surface area contributed by atoms with Crippen LogP contribution in [0.5, 0.6) is 0 Å². The van der Waals surface area contributed by atoms with E-state index in [1.54, 1.807) is 20.8 Å². The zero-order valence-electron chi connectivity index (χ0n) is 11.1. The number of Topliss-reactive ketones (excluding diaryl/α,β-unsaturated/α-hetero) is 2. The van der Waals surface area contributed by atoms with E-state index in [9.17, 15) is 14.4 Å². The molecule has 0 aliphatic heterocycles. The molecule has 0 rings (SSSR count). The van der Waals surface area contributed by atoms with Crippen LogP contribution in [0.15, 0.2) is 0 Å². The molecular formula is C13H22O4. The van der Waals surface area contributed by atoms with Crippen LogP contribution < -0.4 is 0 Å². The van der Waals surface area contributed by atoms with Crippen LogP contribution in [0.3, 0.4) is 0 Å². The molecule has 4 nitrogen and oxygen atoms in total. The molecule has 0 aromatic heterocycles. The third-order valence-electron chi connectivity index (χ3n) is 2.44. The zero-order valence-corrected chi connectivity index (χ0v) is 11.1. The predicted octanol–water partition coefficient (Wildman–Crippen LogP) is 2.15. The average molecular weight is 242 g/mol. The van der Waals surface area contributed by atoms with Gasteiger partial charge in [-0.3, -0.25) is 14.4 Å². The van der Waals surface area contributed by atoms with Crippen molar-refractivity contribution in [2.24, 2.45) is 11.8 Å². The van der Waals surface area contributed by atoms with Gasteiger partial charge in [0.25, 0.3) is 0 Å². The first kappa shape index (κ1) is 15.8. The van der Waals surface area contributed by atoms with Gasteiger partial charge in [-0.15, -0.1) is 0 Å². The van der Waals surface area contributed by atoms with Crippen LogP contribution in [-0.2, 0) is 19.1 Å². The van der Waals surface area contributed by atoms with Gasteiger partial charge in [0.1, 0.15) is 17.5 Å². The van der Waals surface area contributed by atoms with Crippen molar-refractivity contribution < 1.29 is 19.1 Å². The van der Waals surface area contributed by atoms with E-state index in [0.717, 1.165) is 6.42 Å². The third-order valence-corrected chi connectivity index (χ3v) is 2.44. The van der Waals surface area contributed by atoms with Crippen molar-refractivity contribution in [1.82, 2.24) is 0 Å². The monoisotopic (exact) mass is 242 g/mol. The lowest BCUT2D eigenvalue weighted by molar-refractivity contribution is -0.154. The van der Waals surface area contributed by atoms with Crippen molar-refractivity contribution in [1.29, 1.82) is 0 Å². The smallest absolute Gasteiger partial charge is 0.316 e. The number of hydrogen-bond donors (Lipinski definition) is 0. The van der Waals surface area contributed by atoms with Gasteiger partial charge in [0.05, 0.1) is 6.61 Å². The normalized spacial score (nSPS) is 12.3. The topological polar surface area (TPSA) is 60.4 Å². The summed E-state index contributed by atoms with van der Waals surface area (Å²) in [5.41, 5.74) is 0.